The summed E-state index contributed by atoms with van der Waals surface area (Å²) in [5, 5.41) is 5.09. The van der Waals surface area contributed by atoms with Crippen LogP contribution in [0, 0.1) is 0 Å². The molecule has 0 saturated carbocycles. The van der Waals surface area contributed by atoms with Crippen LogP contribution < -0.4 is 15.4 Å². The second-order valence-electron chi connectivity index (χ2n) is 8.23. The highest BCUT2D eigenvalue weighted by Crippen LogP contribution is 2.32. The molecule has 0 aliphatic heterocycles. The fraction of sp³-hybridized carbons (Fsp3) is 0.375. The number of nitrogens with zero attached hydrogens (tertiary/aromatic N) is 2. The van der Waals surface area contributed by atoms with Crippen molar-refractivity contribution in [2.75, 3.05) is 13.2 Å². The fourth-order valence-corrected chi connectivity index (χ4v) is 4.15. The number of aryl methyl sites for hydroxylation is 1. The molecule has 7 nitrogen and oxygen atoms in total. The second-order valence-corrected chi connectivity index (χ2v) is 9.02. The number of fused-ring (bicyclic) bond motifs is 1. The fourth-order valence-electron chi connectivity index (χ4n) is 3.57. The van der Waals surface area contributed by atoms with E-state index in [1.165, 1.54) is 12.1 Å². The minimum atomic E-state index is -4.67. The lowest BCUT2D eigenvalue weighted by molar-refractivity contribution is -0.123. The lowest BCUT2D eigenvalue weighted by Gasteiger charge is -2.13. The third-order valence-corrected chi connectivity index (χ3v) is 6.36. The SMILES string of the molecule is CCC(=O)NCc1ccc(Cl)c(Cc2nc3cc(C(=O)NCC(F)(F)F)c(OCC(F)F)cc3n2C)c1Cl. The van der Waals surface area contributed by atoms with Crippen molar-refractivity contribution < 1.29 is 36.3 Å². The minimum absolute atomic E-state index is 0.112. The third-order valence-electron chi connectivity index (χ3n) is 5.53. The number of alkyl halides is 5. The van der Waals surface area contributed by atoms with Crippen LogP contribution in [0.4, 0.5) is 22.0 Å². The number of halogens is 7. The molecule has 2 amide bonds. The van der Waals surface area contributed by atoms with Crippen LogP contribution in [-0.2, 0) is 24.8 Å². The molecule has 2 N–H and O–H groups in total. The van der Waals surface area contributed by atoms with Gasteiger partial charge in [-0.15, -0.1) is 0 Å². The zero-order valence-corrected chi connectivity index (χ0v) is 21.7. The predicted octanol–water partition coefficient (Wildman–Crippen LogP) is 5.43. The van der Waals surface area contributed by atoms with E-state index in [2.05, 4.69) is 10.3 Å². The van der Waals surface area contributed by atoms with Gasteiger partial charge in [0.2, 0.25) is 5.91 Å². The van der Waals surface area contributed by atoms with Crippen molar-refractivity contribution in [2.45, 2.75) is 38.9 Å². The first-order valence-electron chi connectivity index (χ1n) is 11.3. The number of imidazole rings is 1. The van der Waals surface area contributed by atoms with E-state index in [1.54, 1.807) is 36.0 Å². The predicted molar refractivity (Wildman–Crippen MR) is 132 cm³/mol. The average molecular weight is 581 g/mol. The summed E-state index contributed by atoms with van der Waals surface area (Å²) in [5.41, 5.74) is 1.33. The number of nitrogens with one attached hydrogen (secondary N) is 2. The average Bonchev–Trinajstić information content (AvgIpc) is 3.16. The molecule has 206 valence electrons. The highest BCUT2D eigenvalue weighted by Gasteiger charge is 2.29. The Hall–Kier alpha value is -3.12. The summed E-state index contributed by atoms with van der Waals surface area (Å²) in [7, 11) is 1.62. The van der Waals surface area contributed by atoms with Gasteiger partial charge in [-0.2, -0.15) is 13.2 Å². The van der Waals surface area contributed by atoms with Gasteiger partial charge in [-0.25, -0.2) is 13.8 Å². The van der Waals surface area contributed by atoms with Crippen LogP contribution in [0.15, 0.2) is 24.3 Å². The highest BCUT2D eigenvalue weighted by atomic mass is 35.5. The van der Waals surface area contributed by atoms with Gasteiger partial charge in [0, 0.05) is 37.5 Å². The van der Waals surface area contributed by atoms with E-state index in [0.717, 1.165) is 0 Å². The first-order chi connectivity index (χ1) is 17.8. The molecule has 2 aromatic carbocycles. The molecule has 1 heterocycles. The molecule has 0 radical (unpaired) electrons. The molecule has 0 aliphatic carbocycles. The van der Waals surface area contributed by atoms with Gasteiger partial charge in [-0.1, -0.05) is 36.2 Å². The molecule has 1 aromatic heterocycles. The zero-order valence-electron chi connectivity index (χ0n) is 20.2. The van der Waals surface area contributed by atoms with Crippen LogP contribution >= 0.6 is 23.2 Å². The van der Waals surface area contributed by atoms with Crippen LogP contribution in [-0.4, -0.2) is 47.1 Å². The lowest BCUT2D eigenvalue weighted by Crippen LogP contribution is -2.34. The summed E-state index contributed by atoms with van der Waals surface area (Å²) in [5.74, 6) is -1.23. The Morgan fingerprint density at radius 1 is 1.16 bits per heavy atom. The summed E-state index contributed by atoms with van der Waals surface area (Å²) < 4.78 is 70.0. The van der Waals surface area contributed by atoms with Gasteiger partial charge in [0.05, 0.1) is 21.6 Å². The number of rotatable bonds is 10. The van der Waals surface area contributed by atoms with Gasteiger partial charge in [-0.05, 0) is 23.3 Å². The van der Waals surface area contributed by atoms with Gasteiger partial charge < -0.3 is 19.9 Å². The summed E-state index contributed by atoms with van der Waals surface area (Å²) in [6.45, 7) is -0.787. The van der Waals surface area contributed by atoms with E-state index >= 15 is 0 Å². The van der Waals surface area contributed by atoms with Gasteiger partial charge in [-0.3, -0.25) is 9.59 Å². The topological polar surface area (TPSA) is 85.2 Å². The van der Waals surface area contributed by atoms with Gasteiger partial charge in [0.15, 0.2) is 0 Å². The zero-order chi connectivity index (χ0) is 28.2. The quantitative estimate of drug-likeness (QED) is 0.313. The number of aromatic nitrogens is 2. The van der Waals surface area contributed by atoms with Crippen molar-refractivity contribution in [3.8, 4) is 5.75 Å². The number of hydrogen-bond acceptors (Lipinski definition) is 4. The number of amides is 2. The minimum Gasteiger partial charge on any atom is -0.487 e. The third kappa shape index (κ3) is 7.25. The Morgan fingerprint density at radius 2 is 1.87 bits per heavy atom. The summed E-state index contributed by atoms with van der Waals surface area (Å²) in [6.07, 6.45) is -7.13. The van der Waals surface area contributed by atoms with Crippen LogP contribution in [0.3, 0.4) is 0 Å². The molecule has 3 aromatic rings. The number of hydrogen-bond donors (Lipinski definition) is 2. The Balaban J connectivity index is 1.99. The second kappa shape index (κ2) is 12.2. The molecule has 0 fully saturated rings. The van der Waals surface area contributed by atoms with Gasteiger partial charge >= 0.3 is 6.18 Å². The number of carbonyl (C=O) groups excluding carboxylic acids is 2. The maximum Gasteiger partial charge on any atom is 0.405 e. The molecule has 0 aliphatic rings. The monoisotopic (exact) mass is 580 g/mol. The Kier molecular flexibility index (Phi) is 9.42. The van der Waals surface area contributed by atoms with E-state index in [4.69, 9.17) is 27.9 Å². The molecule has 0 unspecified atom stereocenters. The van der Waals surface area contributed by atoms with Crippen LogP contribution in [0.5, 0.6) is 5.75 Å². The van der Waals surface area contributed by atoms with Gasteiger partial charge in [0.25, 0.3) is 12.3 Å². The van der Waals surface area contributed by atoms with Crippen molar-refractivity contribution in [3.63, 3.8) is 0 Å². The molecule has 3 rings (SSSR count). The van der Waals surface area contributed by atoms with E-state index in [9.17, 15) is 31.5 Å². The number of carbonyl (C=O) groups is 2. The molecular formula is C24H23Cl2F5N4O3. The summed E-state index contributed by atoms with van der Waals surface area (Å²) >= 11 is 12.9. The van der Waals surface area contributed by atoms with Crippen molar-refractivity contribution in [1.29, 1.82) is 0 Å². The normalized spacial score (nSPS) is 11.7. The Labute approximate surface area is 224 Å². The van der Waals surface area contributed by atoms with E-state index in [-0.39, 0.29) is 35.7 Å². The Morgan fingerprint density at radius 3 is 2.50 bits per heavy atom. The maximum atomic E-state index is 12.8. The lowest BCUT2D eigenvalue weighted by atomic mass is 10.1. The highest BCUT2D eigenvalue weighted by molar-refractivity contribution is 6.36. The van der Waals surface area contributed by atoms with Crippen molar-refractivity contribution in [2.24, 2.45) is 7.05 Å². The first kappa shape index (κ1) is 29.4. The number of ether oxygens (including phenoxy) is 1. The van der Waals surface area contributed by atoms with E-state index in [1.807, 2.05) is 0 Å². The van der Waals surface area contributed by atoms with E-state index < -0.39 is 31.7 Å². The van der Waals surface area contributed by atoms with Crippen molar-refractivity contribution in [3.05, 3.63) is 56.8 Å². The van der Waals surface area contributed by atoms with Crippen LogP contribution in [0.25, 0.3) is 11.0 Å². The molecule has 38 heavy (non-hydrogen) atoms. The molecule has 0 bridgehead atoms. The maximum absolute atomic E-state index is 12.8. The summed E-state index contributed by atoms with van der Waals surface area (Å²) in [4.78, 5) is 28.6. The molecular weight excluding hydrogens is 558 g/mol. The largest absolute Gasteiger partial charge is 0.487 e. The summed E-state index contributed by atoms with van der Waals surface area (Å²) in [6, 6.07) is 5.73. The van der Waals surface area contributed by atoms with Crippen LogP contribution in [0.2, 0.25) is 10.0 Å². The molecule has 0 atom stereocenters. The molecule has 0 saturated heterocycles. The van der Waals surface area contributed by atoms with Crippen LogP contribution in [0.1, 0.15) is 40.7 Å². The first-order valence-corrected chi connectivity index (χ1v) is 12.0. The smallest absolute Gasteiger partial charge is 0.405 e. The number of benzene rings is 2. The molecule has 0 spiro atoms. The standard InChI is InChI=1S/C24H23Cl2F5N4O3/c1-3-21(36)32-9-12-4-5-15(25)13(22(12)26)7-20-34-16-6-14(23(37)33-11-24(29,30)31)18(38-10-19(27)28)8-17(16)35(20)2/h4-6,8,19H,3,7,9-11H2,1-2H3,(H,32,36)(H,33,37). The Bertz CT molecular complexity index is 1350. The van der Waals surface area contributed by atoms with E-state index in [0.29, 0.717) is 38.9 Å². The van der Waals surface area contributed by atoms with Gasteiger partial charge in [0.1, 0.15) is 24.7 Å². The van der Waals surface area contributed by atoms with Crippen molar-refractivity contribution in [1.82, 2.24) is 20.2 Å². The molecule has 14 heteroatoms. The van der Waals surface area contributed by atoms with Crippen molar-refractivity contribution >= 4 is 46.0 Å².